The van der Waals surface area contributed by atoms with Gasteiger partial charge in [0.05, 0.1) is 6.10 Å². The first-order valence-corrected chi connectivity index (χ1v) is 7.70. The van der Waals surface area contributed by atoms with Crippen LogP contribution in [0.15, 0.2) is 24.3 Å². The highest BCUT2D eigenvalue weighted by molar-refractivity contribution is 5.89. The van der Waals surface area contributed by atoms with Gasteiger partial charge in [-0.05, 0) is 44.2 Å². The van der Waals surface area contributed by atoms with Gasteiger partial charge in [0, 0.05) is 24.4 Å². The molecule has 2 amide bonds. The smallest absolute Gasteiger partial charge is 0.319 e. The molecule has 2 rings (SSSR count). The molecule has 1 fully saturated rings. The van der Waals surface area contributed by atoms with Crippen LogP contribution in [0, 0.1) is 0 Å². The monoisotopic (exact) mass is 312 g/mol. The zero-order valence-corrected chi connectivity index (χ0v) is 12.5. The number of benzene rings is 1. The average molecular weight is 312 g/mol. The van der Waals surface area contributed by atoms with E-state index in [-0.39, 0.29) is 11.6 Å². The van der Waals surface area contributed by atoms with Gasteiger partial charge in [0.2, 0.25) is 0 Å². The Labute approximate surface area is 129 Å². The number of carbonyl (C=O) groups excluding carboxylic acids is 1. The molecule has 122 valence electrons. The van der Waals surface area contributed by atoms with Crippen molar-refractivity contribution in [3.63, 3.8) is 0 Å². The van der Waals surface area contributed by atoms with Crippen LogP contribution in [0.1, 0.15) is 44.1 Å². The van der Waals surface area contributed by atoms with Gasteiger partial charge in [0.1, 0.15) is 0 Å². The van der Waals surface area contributed by atoms with Crippen molar-refractivity contribution in [2.45, 2.75) is 44.6 Å². The summed E-state index contributed by atoms with van der Waals surface area (Å²) in [6, 6.07) is 5.31. The first-order valence-electron chi connectivity index (χ1n) is 7.70. The van der Waals surface area contributed by atoms with Gasteiger partial charge in [-0.25, -0.2) is 13.6 Å². The van der Waals surface area contributed by atoms with Crippen molar-refractivity contribution in [3.05, 3.63) is 29.8 Å². The van der Waals surface area contributed by atoms with Crippen LogP contribution in [0.4, 0.5) is 19.3 Å². The Morgan fingerprint density at radius 2 is 2.23 bits per heavy atom. The van der Waals surface area contributed by atoms with Crippen LogP contribution in [0.2, 0.25) is 0 Å². The quantitative estimate of drug-likeness (QED) is 0.777. The van der Waals surface area contributed by atoms with Crippen LogP contribution in [0.25, 0.3) is 0 Å². The number of ether oxygens (including phenoxy) is 1. The number of nitrogens with one attached hydrogen (secondary N) is 2. The largest absolute Gasteiger partial charge is 0.378 e. The molecule has 1 aliphatic heterocycles. The van der Waals surface area contributed by atoms with Gasteiger partial charge in [-0.2, -0.15) is 0 Å². The maximum atomic E-state index is 12.6. The molecule has 1 saturated heterocycles. The zero-order valence-electron chi connectivity index (χ0n) is 12.5. The third-order valence-corrected chi connectivity index (χ3v) is 3.66. The SMILES string of the molecule is O=C(NCCC[C@@H]1CCCCO1)Nc1cccc(C(F)F)c1. The maximum Gasteiger partial charge on any atom is 0.319 e. The topological polar surface area (TPSA) is 50.4 Å². The van der Waals surface area contributed by atoms with Crippen molar-refractivity contribution in [1.29, 1.82) is 0 Å². The molecule has 0 aliphatic carbocycles. The van der Waals surface area contributed by atoms with E-state index in [0.29, 0.717) is 18.3 Å². The first kappa shape index (κ1) is 16.7. The van der Waals surface area contributed by atoms with E-state index in [9.17, 15) is 13.6 Å². The van der Waals surface area contributed by atoms with E-state index in [4.69, 9.17) is 4.74 Å². The summed E-state index contributed by atoms with van der Waals surface area (Å²) in [4.78, 5) is 11.7. The molecule has 1 aromatic carbocycles. The highest BCUT2D eigenvalue weighted by Gasteiger charge is 2.13. The summed E-state index contributed by atoms with van der Waals surface area (Å²) in [5.74, 6) is 0. The van der Waals surface area contributed by atoms with Crippen LogP contribution in [0.3, 0.4) is 0 Å². The Hall–Kier alpha value is -1.69. The molecule has 1 atom stereocenters. The number of rotatable bonds is 6. The lowest BCUT2D eigenvalue weighted by Gasteiger charge is -2.22. The minimum absolute atomic E-state index is 0.104. The fraction of sp³-hybridized carbons (Fsp3) is 0.562. The number of halogens is 2. The van der Waals surface area contributed by atoms with Crippen molar-refractivity contribution in [2.24, 2.45) is 0 Å². The van der Waals surface area contributed by atoms with E-state index in [0.717, 1.165) is 32.3 Å². The molecule has 0 aromatic heterocycles. The number of hydrogen-bond donors (Lipinski definition) is 2. The second-order valence-electron chi connectivity index (χ2n) is 5.44. The van der Waals surface area contributed by atoms with E-state index >= 15 is 0 Å². The molecule has 0 bridgehead atoms. The van der Waals surface area contributed by atoms with Gasteiger partial charge < -0.3 is 15.4 Å². The third kappa shape index (κ3) is 5.60. The van der Waals surface area contributed by atoms with Gasteiger partial charge in [-0.15, -0.1) is 0 Å². The van der Waals surface area contributed by atoms with E-state index in [2.05, 4.69) is 10.6 Å². The normalized spacial score (nSPS) is 18.2. The summed E-state index contributed by atoms with van der Waals surface area (Å²) in [5, 5.41) is 5.29. The van der Waals surface area contributed by atoms with Gasteiger partial charge in [0.25, 0.3) is 6.43 Å². The third-order valence-electron chi connectivity index (χ3n) is 3.66. The lowest BCUT2D eigenvalue weighted by Crippen LogP contribution is -2.30. The first-order chi connectivity index (χ1) is 10.6. The lowest BCUT2D eigenvalue weighted by atomic mass is 10.0. The van der Waals surface area contributed by atoms with Crippen molar-refractivity contribution in [1.82, 2.24) is 5.32 Å². The number of anilines is 1. The molecule has 0 saturated carbocycles. The fourth-order valence-corrected chi connectivity index (χ4v) is 2.49. The molecule has 6 heteroatoms. The highest BCUT2D eigenvalue weighted by atomic mass is 19.3. The molecule has 0 spiro atoms. The molecular formula is C16H22F2N2O2. The zero-order chi connectivity index (χ0) is 15.8. The van der Waals surface area contributed by atoms with Crippen LogP contribution in [0.5, 0.6) is 0 Å². The van der Waals surface area contributed by atoms with Gasteiger partial charge in [0.15, 0.2) is 0 Å². The second-order valence-corrected chi connectivity index (χ2v) is 5.44. The number of amides is 2. The molecule has 22 heavy (non-hydrogen) atoms. The Kier molecular flexibility index (Phi) is 6.58. The number of alkyl halides is 2. The number of urea groups is 1. The summed E-state index contributed by atoms with van der Waals surface area (Å²) >= 11 is 0. The maximum absolute atomic E-state index is 12.6. The van der Waals surface area contributed by atoms with Crippen molar-refractivity contribution >= 4 is 11.7 Å². The van der Waals surface area contributed by atoms with Crippen LogP contribution in [-0.4, -0.2) is 25.3 Å². The minimum Gasteiger partial charge on any atom is -0.378 e. The summed E-state index contributed by atoms with van der Waals surface area (Å²) in [6.07, 6.45) is 2.97. The molecule has 4 nitrogen and oxygen atoms in total. The Morgan fingerprint density at radius 3 is 2.95 bits per heavy atom. The van der Waals surface area contributed by atoms with Crippen LogP contribution < -0.4 is 10.6 Å². The standard InChI is InChI=1S/C16H22F2N2O2/c17-15(18)12-5-3-6-13(11-12)20-16(21)19-9-4-8-14-7-1-2-10-22-14/h3,5-6,11,14-15H,1-2,4,7-10H2,(H2,19,20,21)/t14-/m0/s1. The highest BCUT2D eigenvalue weighted by Crippen LogP contribution is 2.21. The molecule has 0 unspecified atom stereocenters. The van der Waals surface area contributed by atoms with E-state index in [1.807, 2.05) is 0 Å². The summed E-state index contributed by atoms with van der Waals surface area (Å²) < 4.78 is 30.8. The van der Waals surface area contributed by atoms with Crippen molar-refractivity contribution in [2.75, 3.05) is 18.5 Å². The summed E-state index contributed by atoms with van der Waals surface area (Å²) in [7, 11) is 0. The minimum atomic E-state index is -2.54. The Morgan fingerprint density at radius 1 is 1.36 bits per heavy atom. The van der Waals surface area contributed by atoms with Gasteiger partial charge in [-0.1, -0.05) is 12.1 Å². The van der Waals surface area contributed by atoms with E-state index in [1.165, 1.54) is 24.6 Å². The van der Waals surface area contributed by atoms with E-state index in [1.54, 1.807) is 6.07 Å². The molecule has 1 heterocycles. The van der Waals surface area contributed by atoms with Crippen molar-refractivity contribution in [3.8, 4) is 0 Å². The Balaban J connectivity index is 1.66. The molecule has 1 aromatic rings. The van der Waals surface area contributed by atoms with E-state index < -0.39 is 6.43 Å². The predicted molar refractivity (Wildman–Crippen MR) is 81.2 cm³/mol. The predicted octanol–water partition coefficient (Wildman–Crippen LogP) is 4.10. The lowest BCUT2D eigenvalue weighted by molar-refractivity contribution is 0.0103. The Bertz CT molecular complexity index is 477. The summed E-state index contributed by atoms with van der Waals surface area (Å²) in [5.41, 5.74) is 0.262. The molecular weight excluding hydrogens is 290 g/mol. The van der Waals surface area contributed by atoms with Gasteiger partial charge in [-0.3, -0.25) is 0 Å². The molecule has 1 aliphatic rings. The van der Waals surface area contributed by atoms with Crippen LogP contribution >= 0.6 is 0 Å². The summed E-state index contributed by atoms with van der Waals surface area (Å²) in [6.45, 7) is 1.37. The van der Waals surface area contributed by atoms with Gasteiger partial charge >= 0.3 is 6.03 Å². The molecule has 2 N–H and O–H groups in total. The average Bonchev–Trinajstić information content (AvgIpc) is 2.53. The number of carbonyl (C=O) groups is 1. The second kappa shape index (κ2) is 8.68. The molecule has 0 radical (unpaired) electrons. The number of hydrogen-bond acceptors (Lipinski definition) is 2. The van der Waals surface area contributed by atoms with Crippen molar-refractivity contribution < 1.29 is 18.3 Å². The van der Waals surface area contributed by atoms with Crippen LogP contribution in [-0.2, 0) is 4.74 Å². The fourth-order valence-electron chi connectivity index (χ4n) is 2.49.